The normalized spacial score (nSPS) is 46.5. The van der Waals surface area contributed by atoms with Gasteiger partial charge in [-0.25, -0.2) is 0 Å². The highest BCUT2D eigenvalue weighted by Gasteiger charge is 2.41. The summed E-state index contributed by atoms with van der Waals surface area (Å²) in [6.45, 7) is 0.882. The molecule has 0 aromatic heterocycles. The predicted molar refractivity (Wildman–Crippen MR) is 50.8 cm³/mol. The van der Waals surface area contributed by atoms with Crippen molar-refractivity contribution in [2.75, 3.05) is 13.6 Å². The summed E-state index contributed by atoms with van der Waals surface area (Å²) >= 11 is 0. The van der Waals surface area contributed by atoms with Crippen molar-refractivity contribution in [2.24, 2.45) is 23.5 Å². The Morgan fingerprint density at radius 3 is 2.17 bits per heavy atom. The molecule has 3 saturated carbocycles. The van der Waals surface area contributed by atoms with Crippen LogP contribution >= 0.6 is 0 Å². The van der Waals surface area contributed by atoms with Crippen LogP contribution in [-0.2, 0) is 0 Å². The summed E-state index contributed by atoms with van der Waals surface area (Å²) in [6.07, 6.45) is 5.74. The summed E-state index contributed by atoms with van der Waals surface area (Å²) in [6, 6.07) is 0.725. The predicted octanol–water partition coefficient (Wildman–Crippen LogP) is 0.969. The van der Waals surface area contributed by atoms with Gasteiger partial charge in [0.15, 0.2) is 0 Å². The van der Waals surface area contributed by atoms with Gasteiger partial charge in [-0.1, -0.05) is 0 Å². The van der Waals surface area contributed by atoms with E-state index in [1.807, 2.05) is 0 Å². The fourth-order valence-corrected chi connectivity index (χ4v) is 3.36. The van der Waals surface area contributed by atoms with Gasteiger partial charge in [0.2, 0.25) is 0 Å². The molecule has 2 atom stereocenters. The molecule has 3 aliphatic carbocycles. The molecule has 70 valence electrons. The van der Waals surface area contributed by atoms with Crippen LogP contribution in [0.25, 0.3) is 0 Å². The third kappa shape index (κ3) is 1.17. The van der Waals surface area contributed by atoms with Crippen molar-refractivity contribution in [3.63, 3.8) is 0 Å². The summed E-state index contributed by atoms with van der Waals surface area (Å²) in [5.41, 5.74) is 5.82. The number of hydrogen-bond acceptors (Lipinski definition) is 2. The highest BCUT2D eigenvalue weighted by atomic mass is 14.9. The van der Waals surface area contributed by atoms with Crippen molar-refractivity contribution >= 4 is 0 Å². The molecule has 0 amide bonds. The molecule has 0 aromatic carbocycles. The zero-order valence-corrected chi connectivity index (χ0v) is 7.92. The fraction of sp³-hybridized carbons (Fsp3) is 1.00. The van der Waals surface area contributed by atoms with Gasteiger partial charge in [-0.3, -0.25) is 0 Å². The lowest BCUT2D eigenvalue weighted by Crippen LogP contribution is -2.53. The van der Waals surface area contributed by atoms with Gasteiger partial charge in [0.1, 0.15) is 0 Å². The lowest BCUT2D eigenvalue weighted by Gasteiger charge is -2.48. The van der Waals surface area contributed by atoms with Crippen LogP contribution in [0.1, 0.15) is 25.7 Å². The van der Waals surface area contributed by atoms with E-state index >= 15 is 0 Å². The van der Waals surface area contributed by atoms with Crippen LogP contribution in [0.4, 0.5) is 0 Å². The van der Waals surface area contributed by atoms with E-state index in [0.717, 1.165) is 30.3 Å². The Morgan fingerprint density at radius 1 is 1.17 bits per heavy atom. The minimum Gasteiger partial charge on any atom is -0.330 e. The van der Waals surface area contributed by atoms with Crippen molar-refractivity contribution in [1.82, 2.24) is 5.32 Å². The van der Waals surface area contributed by atoms with E-state index in [9.17, 15) is 0 Å². The third-order valence-corrected chi connectivity index (χ3v) is 4.00. The number of nitrogens with one attached hydrogen (secondary N) is 1. The van der Waals surface area contributed by atoms with Crippen LogP contribution in [0.5, 0.6) is 0 Å². The Labute approximate surface area is 74.9 Å². The smallest absolute Gasteiger partial charge is 0.0135 e. The lowest BCUT2D eigenvalue weighted by atomic mass is 9.62. The van der Waals surface area contributed by atoms with Crippen molar-refractivity contribution in [3.8, 4) is 0 Å². The quantitative estimate of drug-likeness (QED) is 0.645. The minimum atomic E-state index is 0.725. The van der Waals surface area contributed by atoms with E-state index in [2.05, 4.69) is 12.4 Å². The molecular weight excluding hydrogens is 148 g/mol. The standard InChI is InChI=1S/C10H20N2/c1-12-10-8-4-2-7(3-5-8)9(10)6-11/h7-10,12H,2-6,11H2,1H3. The van der Waals surface area contributed by atoms with Crippen molar-refractivity contribution in [1.29, 1.82) is 0 Å². The molecule has 3 rings (SSSR count). The molecule has 0 aliphatic heterocycles. The molecule has 0 aromatic rings. The summed E-state index contributed by atoms with van der Waals surface area (Å²) in [5, 5.41) is 3.46. The first-order chi connectivity index (χ1) is 5.86. The summed E-state index contributed by atoms with van der Waals surface area (Å²) < 4.78 is 0. The SMILES string of the molecule is CNC1C2CCC(CC2)C1CN. The average molecular weight is 168 g/mol. The fourth-order valence-electron chi connectivity index (χ4n) is 3.36. The Hall–Kier alpha value is -0.0800. The average Bonchev–Trinajstić information content (AvgIpc) is 2.18. The summed E-state index contributed by atoms with van der Waals surface area (Å²) in [4.78, 5) is 0. The maximum atomic E-state index is 5.82. The lowest BCUT2D eigenvalue weighted by molar-refractivity contribution is 0.0601. The molecular formula is C10H20N2. The zero-order chi connectivity index (χ0) is 8.55. The van der Waals surface area contributed by atoms with Gasteiger partial charge < -0.3 is 11.1 Å². The van der Waals surface area contributed by atoms with E-state index < -0.39 is 0 Å². The van der Waals surface area contributed by atoms with Crippen LogP contribution in [0, 0.1) is 17.8 Å². The number of rotatable bonds is 2. The Morgan fingerprint density at radius 2 is 1.75 bits per heavy atom. The minimum absolute atomic E-state index is 0.725. The summed E-state index contributed by atoms with van der Waals surface area (Å²) in [7, 11) is 2.09. The van der Waals surface area contributed by atoms with Gasteiger partial charge in [-0.05, 0) is 57.0 Å². The molecule has 12 heavy (non-hydrogen) atoms. The highest BCUT2D eigenvalue weighted by Crippen LogP contribution is 2.44. The molecule has 2 unspecified atom stereocenters. The number of fused-ring (bicyclic) bond motifs is 3. The first-order valence-electron chi connectivity index (χ1n) is 5.24. The van der Waals surface area contributed by atoms with Crippen LogP contribution in [0.3, 0.4) is 0 Å². The van der Waals surface area contributed by atoms with Crippen LogP contribution in [0.2, 0.25) is 0 Å². The second-order valence-corrected chi connectivity index (χ2v) is 4.39. The van der Waals surface area contributed by atoms with Gasteiger partial charge in [-0.15, -0.1) is 0 Å². The third-order valence-electron chi connectivity index (χ3n) is 4.00. The van der Waals surface area contributed by atoms with Crippen molar-refractivity contribution in [2.45, 2.75) is 31.7 Å². The Balaban J connectivity index is 2.10. The molecule has 3 fully saturated rings. The van der Waals surface area contributed by atoms with Crippen molar-refractivity contribution in [3.05, 3.63) is 0 Å². The second-order valence-electron chi connectivity index (χ2n) is 4.39. The van der Waals surface area contributed by atoms with E-state index in [0.29, 0.717) is 0 Å². The largest absolute Gasteiger partial charge is 0.330 e. The van der Waals surface area contributed by atoms with E-state index in [4.69, 9.17) is 5.73 Å². The van der Waals surface area contributed by atoms with Crippen LogP contribution in [0.15, 0.2) is 0 Å². The Bertz CT molecular complexity index is 132. The summed E-state index contributed by atoms with van der Waals surface area (Å²) in [5.74, 6) is 2.62. The van der Waals surface area contributed by atoms with Gasteiger partial charge >= 0.3 is 0 Å². The molecule has 0 saturated heterocycles. The van der Waals surface area contributed by atoms with Crippen LogP contribution in [-0.4, -0.2) is 19.6 Å². The second kappa shape index (κ2) is 3.35. The van der Waals surface area contributed by atoms with Crippen molar-refractivity contribution < 1.29 is 0 Å². The van der Waals surface area contributed by atoms with Gasteiger partial charge in [0, 0.05) is 6.04 Å². The van der Waals surface area contributed by atoms with Gasteiger partial charge in [0.05, 0.1) is 0 Å². The monoisotopic (exact) mass is 168 g/mol. The first kappa shape index (κ1) is 8.52. The topological polar surface area (TPSA) is 38.0 Å². The molecule has 2 nitrogen and oxygen atoms in total. The van der Waals surface area contributed by atoms with E-state index in [-0.39, 0.29) is 0 Å². The van der Waals surface area contributed by atoms with E-state index in [1.54, 1.807) is 0 Å². The molecule has 0 heterocycles. The zero-order valence-electron chi connectivity index (χ0n) is 7.92. The number of nitrogens with two attached hydrogens (primary N) is 1. The molecule has 0 spiro atoms. The molecule has 0 radical (unpaired) electrons. The molecule has 3 N–H and O–H groups in total. The first-order valence-corrected chi connectivity index (χ1v) is 5.24. The van der Waals surface area contributed by atoms with E-state index in [1.165, 1.54) is 25.7 Å². The molecule has 3 aliphatic rings. The maximum absolute atomic E-state index is 5.82. The molecule has 2 heteroatoms. The Kier molecular flexibility index (Phi) is 2.37. The molecule has 2 bridgehead atoms. The highest BCUT2D eigenvalue weighted by molar-refractivity contribution is 4.96. The maximum Gasteiger partial charge on any atom is 0.0135 e. The number of hydrogen-bond donors (Lipinski definition) is 2. The van der Waals surface area contributed by atoms with Crippen LogP contribution < -0.4 is 11.1 Å². The van der Waals surface area contributed by atoms with Gasteiger partial charge in [0.25, 0.3) is 0 Å². The van der Waals surface area contributed by atoms with Gasteiger partial charge in [-0.2, -0.15) is 0 Å².